The molecule has 1 aromatic rings. The number of nitrogens with zero attached hydrogens (tertiary/aromatic N) is 4. The zero-order valence-corrected chi connectivity index (χ0v) is 17.8. The lowest BCUT2D eigenvalue weighted by atomic mass is 10.1. The van der Waals surface area contributed by atoms with Gasteiger partial charge in [0.25, 0.3) is 0 Å². The highest BCUT2D eigenvalue weighted by Gasteiger charge is 2.23. The number of aliphatic carboxylic acids is 2. The standard InChI is InChI=1S/C18H27FN6O8/c19-7-1-3-12-9-24(23-22-12)10-14(26)20-8-2-4-16(28)25(33)11-15(27)21-13(18(31)32)5-6-17(29)30/h9,13,33H,1-8,10-11H2,(H,20,26)(H,21,27)(H,29,30)(H,31,32). The zero-order chi connectivity index (χ0) is 24.8. The number of nitrogens with one attached hydrogen (secondary N) is 2. The van der Waals surface area contributed by atoms with E-state index in [4.69, 9.17) is 10.2 Å². The SMILES string of the molecule is O=C(O)CCC(NC(=O)CN(O)C(=O)CCCNC(=O)Cn1cc(CCCF)nn1)C(=O)O. The summed E-state index contributed by atoms with van der Waals surface area (Å²) in [5, 5.41) is 39.5. The number of aromatic nitrogens is 3. The average molecular weight is 474 g/mol. The molecule has 1 atom stereocenters. The van der Waals surface area contributed by atoms with Gasteiger partial charge in [-0.1, -0.05) is 5.21 Å². The van der Waals surface area contributed by atoms with Crippen LogP contribution in [-0.2, 0) is 36.9 Å². The van der Waals surface area contributed by atoms with Gasteiger partial charge in [0.05, 0.1) is 12.4 Å². The third kappa shape index (κ3) is 11.5. The molecule has 0 fully saturated rings. The lowest BCUT2D eigenvalue weighted by molar-refractivity contribution is -0.169. The van der Waals surface area contributed by atoms with Gasteiger partial charge in [0.1, 0.15) is 19.1 Å². The number of aryl methyl sites for hydroxylation is 1. The summed E-state index contributed by atoms with van der Waals surface area (Å²) in [4.78, 5) is 57.1. The fourth-order valence-corrected chi connectivity index (χ4v) is 2.57. The van der Waals surface area contributed by atoms with Gasteiger partial charge in [-0.25, -0.2) is 14.5 Å². The summed E-state index contributed by atoms with van der Waals surface area (Å²) in [6.07, 6.45) is 1.36. The Hall–Kier alpha value is -3.62. The number of hydrogen-bond donors (Lipinski definition) is 5. The van der Waals surface area contributed by atoms with E-state index in [2.05, 4.69) is 15.6 Å². The molecule has 0 saturated carbocycles. The molecular weight excluding hydrogens is 447 g/mol. The molecule has 0 aliphatic heterocycles. The highest BCUT2D eigenvalue weighted by atomic mass is 19.1. The molecule has 33 heavy (non-hydrogen) atoms. The van der Waals surface area contributed by atoms with Crippen molar-refractivity contribution in [2.24, 2.45) is 0 Å². The molecule has 0 radical (unpaired) electrons. The Bertz CT molecular complexity index is 833. The normalized spacial score (nSPS) is 11.5. The van der Waals surface area contributed by atoms with Crippen LogP contribution < -0.4 is 10.6 Å². The second-order valence-corrected chi connectivity index (χ2v) is 7.00. The van der Waals surface area contributed by atoms with Gasteiger partial charge in [0, 0.05) is 25.6 Å². The van der Waals surface area contributed by atoms with Crippen LogP contribution in [0.1, 0.15) is 37.8 Å². The Morgan fingerprint density at radius 1 is 1.12 bits per heavy atom. The fraction of sp³-hybridized carbons (Fsp3) is 0.611. The van der Waals surface area contributed by atoms with Crippen molar-refractivity contribution in [3.8, 4) is 0 Å². The van der Waals surface area contributed by atoms with Crippen LogP contribution in [-0.4, -0.2) is 90.9 Å². The molecule has 0 aliphatic rings. The third-order valence-electron chi connectivity index (χ3n) is 4.21. The Morgan fingerprint density at radius 3 is 2.48 bits per heavy atom. The molecule has 3 amide bonds. The highest BCUT2D eigenvalue weighted by Crippen LogP contribution is 2.01. The molecule has 1 rings (SSSR count). The van der Waals surface area contributed by atoms with Crippen molar-refractivity contribution in [3.63, 3.8) is 0 Å². The highest BCUT2D eigenvalue weighted by molar-refractivity contribution is 5.87. The van der Waals surface area contributed by atoms with Crippen LogP contribution in [0.15, 0.2) is 6.20 Å². The first-order valence-electron chi connectivity index (χ1n) is 10.1. The Labute approximate surface area is 187 Å². The van der Waals surface area contributed by atoms with Crippen LogP contribution in [0, 0.1) is 0 Å². The fourth-order valence-electron chi connectivity index (χ4n) is 2.57. The average Bonchev–Trinajstić information content (AvgIpc) is 3.19. The van der Waals surface area contributed by atoms with Gasteiger partial charge < -0.3 is 20.8 Å². The van der Waals surface area contributed by atoms with E-state index < -0.39 is 55.3 Å². The van der Waals surface area contributed by atoms with Crippen molar-refractivity contribution in [1.29, 1.82) is 0 Å². The number of halogens is 1. The second-order valence-electron chi connectivity index (χ2n) is 7.00. The minimum absolute atomic E-state index is 0.101. The summed E-state index contributed by atoms with van der Waals surface area (Å²) in [5.41, 5.74) is 0.565. The van der Waals surface area contributed by atoms with Gasteiger partial charge >= 0.3 is 11.9 Å². The predicted octanol–water partition coefficient (Wildman–Crippen LogP) is -1.27. The lowest BCUT2D eigenvalue weighted by Crippen LogP contribution is -2.46. The number of carbonyl (C=O) groups is 5. The maximum atomic E-state index is 12.1. The number of carbonyl (C=O) groups excluding carboxylic acids is 3. The van der Waals surface area contributed by atoms with Crippen LogP contribution >= 0.6 is 0 Å². The number of carboxylic acids is 2. The van der Waals surface area contributed by atoms with E-state index in [0.29, 0.717) is 18.5 Å². The number of alkyl halides is 1. The number of hydroxylamine groups is 2. The third-order valence-corrected chi connectivity index (χ3v) is 4.21. The molecule has 1 unspecified atom stereocenters. The molecule has 0 spiro atoms. The second kappa shape index (κ2) is 14.4. The number of amides is 3. The van der Waals surface area contributed by atoms with Gasteiger partial charge in [-0.15, -0.1) is 5.10 Å². The van der Waals surface area contributed by atoms with Crippen molar-refractivity contribution < 1.29 is 43.8 Å². The zero-order valence-electron chi connectivity index (χ0n) is 17.8. The van der Waals surface area contributed by atoms with Gasteiger partial charge in [-0.2, -0.15) is 0 Å². The van der Waals surface area contributed by atoms with E-state index in [1.165, 1.54) is 10.9 Å². The molecule has 1 aromatic heterocycles. The Morgan fingerprint density at radius 2 is 1.85 bits per heavy atom. The van der Waals surface area contributed by atoms with Crippen LogP contribution in [0.3, 0.4) is 0 Å². The maximum Gasteiger partial charge on any atom is 0.326 e. The Balaban J connectivity index is 2.29. The van der Waals surface area contributed by atoms with Crippen molar-refractivity contribution in [1.82, 2.24) is 30.7 Å². The van der Waals surface area contributed by atoms with Crippen molar-refractivity contribution in [3.05, 3.63) is 11.9 Å². The smallest absolute Gasteiger partial charge is 0.326 e. The van der Waals surface area contributed by atoms with Crippen LogP contribution in [0.5, 0.6) is 0 Å². The van der Waals surface area contributed by atoms with Crippen LogP contribution in [0.25, 0.3) is 0 Å². The molecule has 14 nitrogen and oxygen atoms in total. The molecule has 0 aliphatic carbocycles. The molecule has 1 heterocycles. The van der Waals surface area contributed by atoms with Gasteiger partial charge in [0.2, 0.25) is 17.7 Å². The quantitative estimate of drug-likeness (QED) is 0.109. The predicted molar refractivity (Wildman–Crippen MR) is 106 cm³/mol. The first-order valence-corrected chi connectivity index (χ1v) is 10.1. The first kappa shape index (κ1) is 27.4. The molecule has 0 saturated heterocycles. The van der Waals surface area contributed by atoms with Gasteiger partial charge in [-0.05, 0) is 25.7 Å². The summed E-state index contributed by atoms with van der Waals surface area (Å²) in [7, 11) is 0. The summed E-state index contributed by atoms with van der Waals surface area (Å²) >= 11 is 0. The molecule has 0 bridgehead atoms. The largest absolute Gasteiger partial charge is 0.481 e. The molecular formula is C18H27FN6O8. The summed E-state index contributed by atoms with van der Waals surface area (Å²) in [5.74, 6) is -4.88. The van der Waals surface area contributed by atoms with Crippen LogP contribution in [0.2, 0.25) is 0 Å². The van der Waals surface area contributed by atoms with Gasteiger partial charge in [-0.3, -0.25) is 28.8 Å². The van der Waals surface area contributed by atoms with E-state index in [1.807, 2.05) is 5.32 Å². The van der Waals surface area contributed by atoms with E-state index in [9.17, 15) is 33.6 Å². The monoisotopic (exact) mass is 474 g/mol. The van der Waals surface area contributed by atoms with E-state index >= 15 is 0 Å². The van der Waals surface area contributed by atoms with Crippen molar-refractivity contribution >= 4 is 29.7 Å². The summed E-state index contributed by atoms with van der Waals surface area (Å²) in [6, 6.07) is -1.47. The van der Waals surface area contributed by atoms with Crippen molar-refractivity contribution in [2.75, 3.05) is 19.8 Å². The molecule has 0 aromatic carbocycles. The maximum absolute atomic E-state index is 12.1. The number of rotatable bonds is 16. The van der Waals surface area contributed by atoms with Crippen LogP contribution in [0.4, 0.5) is 4.39 Å². The van der Waals surface area contributed by atoms with Gasteiger partial charge in [0.15, 0.2) is 0 Å². The minimum Gasteiger partial charge on any atom is -0.481 e. The molecule has 5 N–H and O–H groups in total. The number of hydrogen-bond acceptors (Lipinski definition) is 8. The minimum atomic E-state index is -1.47. The summed E-state index contributed by atoms with van der Waals surface area (Å²) in [6.45, 7) is -1.32. The topological polar surface area (TPSA) is 204 Å². The Kier molecular flexibility index (Phi) is 12.0. The van der Waals surface area contributed by atoms with E-state index in [0.717, 1.165) is 0 Å². The van der Waals surface area contributed by atoms with E-state index in [-0.39, 0.29) is 37.4 Å². The number of carboxylic acid groups (broad SMARTS) is 2. The molecule has 15 heteroatoms. The van der Waals surface area contributed by atoms with E-state index in [1.54, 1.807) is 0 Å². The lowest BCUT2D eigenvalue weighted by Gasteiger charge is -2.17. The molecule has 184 valence electrons. The first-order chi connectivity index (χ1) is 15.6. The van der Waals surface area contributed by atoms with Crippen molar-refractivity contribution in [2.45, 2.75) is 51.1 Å². The summed E-state index contributed by atoms with van der Waals surface area (Å²) < 4.78 is 13.4.